The summed E-state index contributed by atoms with van der Waals surface area (Å²) in [7, 11) is 1.42. The molecule has 1 aromatic rings. The Morgan fingerprint density at radius 2 is 2.44 bits per heavy atom. The fraction of sp³-hybridized carbons (Fsp3) is 0.500. The van der Waals surface area contributed by atoms with E-state index in [4.69, 9.17) is 4.74 Å². The second kappa shape index (κ2) is 4.17. The van der Waals surface area contributed by atoms with Crippen molar-refractivity contribution in [3.63, 3.8) is 0 Å². The molecule has 1 aromatic heterocycles. The van der Waals surface area contributed by atoms with Gasteiger partial charge in [0, 0.05) is 6.42 Å². The summed E-state index contributed by atoms with van der Waals surface area (Å²) < 4.78 is 4.74. The highest BCUT2D eigenvalue weighted by atomic mass is 16.5. The first-order chi connectivity index (χ1) is 7.69. The number of ether oxygens (including phenoxy) is 1. The van der Waals surface area contributed by atoms with Crippen LogP contribution >= 0.6 is 0 Å². The van der Waals surface area contributed by atoms with Gasteiger partial charge in [-0.25, -0.2) is 5.10 Å². The normalized spacial score (nSPS) is 19.3. The molecule has 8 nitrogen and oxygen atoms in total. The van der Waals surface area contributed by atoms with E-state index in [1.165, 1.54) is 7.11 Å². The van der Waals surface area contributed by atoms with E-state index >= 15 is 0 Å². The van der Waals surface area contributed by atoms with Gasteiger partial charge in [-0.05, 0) is 6.42 Å². The van der Waals surface area contributed by atoms with E-state index in [1.54, 1.807) is 0 Å². The van der Waals surface area contributed by atoms with E-state index in [-0.39, 0.29) is 23.8 Å². The summed E-state index contributed by atoms with van der Waals surface area (Å²) in [6.45, 7) is 0. The summed E-state index contributed by atoms with van der Waals surface area (Å²) in [4.78, 5) is 26.3. The summed E-state index contributed by atoms with van der Waals surface area (Å²) in [5.74, 6) is -0.233. The first kappa shape index (κ1) is 10.4. The number of carbonyl (C=O) groups is 2. The van der Waals surface area contributed by atoms with Crippen LogP contribution in [0.2, 0.25) is 0 Å². The van der Waals surface area contributed by atoms with Crippen molar-refractivity contribution in [2.24, 2.45) is 0 Å². The number of rotatable bonds is 3. The number of hydrogen-bond donors (Lipinski definition) is 3. The van der Waals surface area contributed by atoms with Crippen LogP contribution in [0.25, 0.3) is 0 Å². The smallest absolute Gasteiger partial charge is 0.336 e. The molecule has 0 spiro atoms. The number of anilines is 1. The molecule has 1 aliphatic heterocycles. The van der Waals surface area contributed by atoms with E-state index in [1.807, 2.05) is 0 Å². The van der Waals surface area contributed by atoms with Gasteiger partial charge in [-0.15, -0.1) is 5.10 Å². The molecule has 2 amide bonds. The number of hydrogen-bond acceptors (Lipinski definition) is 5. The van der Waals surface area contributed by atoms with Gasteiger partial charge in [0.25, 0.3) is 0 Å². The van der Waals surface area contributed by atoms with Gasteiger partial charge in [0.1, 0.15) is 6.04 Å². The summed E-state index contributed by atoms with van der Waals surface area (Å²) in [6, 6.07) is -0.352. The standard InChI is InChI=1S/C8H11N5O3/c1-16-8-11-7(12-13-8)10-6(15)4-2-3-5(14)9-4/h4H,2-3H2,1H3,(H,9,14)(H2,10,11,12,13,15). The molecule has 0 saturated carbocycles. The number of nitrogens with zero attached hydrogens (tertiary/aromatic N) is 2. The number of aromatic amines is 1. The SMILES string of the molecule is COc1n[nH]c(NC(=O)C2CCC(=O)N2)n1. The minimum absolute atomic E-state index is 0.115. The topological polar surface area (TPSA) is 109 Å². The molecule has 16 heavy (non-hydrogen) atoms. The zero-order valence-corrected chi connectivity index (χ0v) is 8.61. The molecule has 1 fully saturated rings. The van der Waals surface area contributed by atoms with Crippen molar-refractivity contribution in [2.75, 3.05) is 12.4 Å². The van der Waals surface area contributed by atoms with Crippen molar-refractivity contribution < 1.29 is 14.3 Å². The maximum Gasteiger partial charge on any atom is 0.336 e. The van der Waals surface area contributed by atoms with Crippen molar-refractivity contribution >= 4 is 17.8 Å². The van der Waals surface area contributed by atoms with E-state index in [2.05, 4.69) is 25.8 Å². The average Bonchev–Trinajstić information content (AvgIpc) is 2.87. The Bertz CT molecular complexity index is 416. The number of H-pyrrole nitrogens is 1. The Morgan fingerprint density at radius 1 is 1.62 bits per heavy atom. The molecule has 0 radical (unpaired) electrons. The Kier molecular flexibility index (Phi) is 2.71. The molecule has 1 aliphatic rings. The van der Waals surface area contributed by atoms with Crippen LogP contribution in [0.15, 0.2) is 0 Å². The van der Waals surface area contributed by atoms with Gasteiger partial charge in [0.15, 0.2) is 0 Å². The molecule has 1 saturated heterocycles. The largest absolute Gasteiger partial charge is 0.466 e. The number of nitrogens with one attached hydrogen (secondary N) is 3. The van der Waals surface area contributed by atoms with E-state index in [0.717, 1.165) is 0 Å². The maximum atomic E-state index is 11.6. The zero-order valence-electron chi connectivity index (χ0n) is 8.61. The second-order valence-electron chi connectivity index (χ2n) is 3.32. The predicted molar refractivity (Wildman–Crippen MR) is 52.7 cm³/mol. The van der Waals surface area contributed by atoms with E-state index in [0.29, 0.717) is 12.8 Å². The fourth-order valence-corrected chi connectivity index (χ4v) is 1.41. The molecule has 86 valence electrons. The van der Waals surface area contributed by atoms with Crippen molar-refractivity contribution in [2.45, 2.75) is 18.9 Å². The monoisotopic (exact) mass is 225 g/mol. The van der Waals surface area contributed by atoms with Gasteiger partial charge in [0.2, 0.25) is 17.8 Å². The highest BCUT2D eigenvalue weighted by Gasteiger charge is 2.27. The molecule has 8 heteroatoms. The van der Waals surface area contributed by atoms with Crippen LogP contribution in [0.3, 0.4) is 0 Å². The van der Waals surface area contributed by atoms with Gasteiger partial charge < -0.3 is 10.1 Å². The van der Waals surface area contributed by atoms with E-state index in [9.17, 15) is 9.59 Å². The van der Waals surface area contributed by atoms with Gasteiger partial charge >= 0.3 is 6.01 Å². The summed E-state index contributed by atoms with van der Waals surface area (Å²) in [6.07, 6.45) is 0.869. The second-order valence-corrected chi connectivity index (χ2v) is 3.32. The van der Waals surface area contributed by atoms with Gasteiger partial charge in [0.05, 0.1) is 7.11 Å². The van der Waals surface area contributed by atoms with Gasteiger partial charge in [-0.1, -0.05) is 0 Å². The lowest BCUT2D eigenvalue weighted by molar-refractivity contribution is -0.122. The average molecular weight is 225 g/mol. The van der Waals surface area contributed by atoms with Crippen LogP contribution in [0.5, 0.6) is 6.01 Å². The molecular formula is C8H11N5O3. The van der Waals surface area contributed by atoms with Crippen LogP contribution in [0.1, 0.15) is 12.8 Å². The summed E-state index contributed by atoms with van der Waals surface area (Å²) >= 11 is 0. The molecule has 2 rings (SSSR count). The van der Waals surface area contributed by atoms with Gasteiger partial charge in [-0.3, -0.25) is 14.9 Å². The number of aromatic nitrogens is 3. The number of amides is 2. The lowest BCUT2D eigenvalue weighted by Gasteiger charge is -2.07. The van der Waals surface area contributed by atoms with Crippen LogP contribution in [-0.4, -0.2) is 40.1 Å². The fourth-order valence-electron chi connectivity index (χ4n) is 1.41. The Labute approximate surface area is 90.8 Å². The molecule has 1 unspecified atom stereocenters. The lowest BCUT2D eigenvalue weighted by atomic mass is 10.2. The molecule has 0 bridgehead atoms. The van der Waals surface area contributed by atoms with Crippen molar-refractivity contribution in [3.05, 3.63) is 0 Å². The van der Waals surface area contributed by atoms with Crippen LogP contribution in [0, 0.1) is 0 Å². The summed E-state index contributed by atoms with van der Waals surface area (Å²) in [5, 5.41) is 11.2. The quantitative estimate of drug-likeness (QED) is 0.613. The Hall–Kier alpha value is -2.12. The maximum absolute atomic E-state index is 11.6. The molecular weight excluding hydrogens is 214 g/mol. The third-order valence-electron chi connectivity index (χ3n) is 2.20. The third-order valence-corrected chi connectivity index (χ3v) is 2.20. The van der Waals surface area contributed by atoms with Crippen molar-refractivity contribution in [3.8, 4) is 6.01 Å². The minimum Gasteiger partial charge on any atom is -0.466 e. The third kappa shape index (κ3) is 2.10. The zero-order chi connectivity index (χ0) is 11.5. The first-order valence-electron chi connectivity index (χ1n) is 4.75. The van der Waals surface area contributed by atoms with Crippen LogP contribution in [-0.2, 0) is 9.59 Å². The molecule has 3 N–H and O–H groups in total. The Morgan fingerprint density at radius 3 is 3.00 bits per heavy atom. The number of carbonyl (C=O) groups excluding carboxylic acids is 2. The van der Waals surface area contributed by atoms with Crippen LogP contribution < -0.4 is 15.4 Å². The van der Waals surface area contributed by atoms with Crippen molar-refractivity contribution in [1.82, 2.24) is 20.5 Å². The summed E-state index contributed by atoms with van der Waals surface area (Å²) in [5.41, 5.74) is 0. The van der Waals surface area contributed by atoms with Gasteiger partial charge in [-0.2, -0.15) is 4.98 Å². The first-order valence-corrected chi connectivity index (χ1v) is 4.75. The van der Waals surface area contributed by atoms with Crippen molar-refractivity contribution in [1.29, 1.82) is 0 Å². The minimum atomic E-state index is -0.497. The Balaban J connectivity index is 1.94. The molecule has 0 aromatic carbocycles. The molecule has 2 heterocycles. The molecule has 1 atom stereocenters. The van der Waals surface area contributed by atoms with E-state index < -0.39 is 6.04 Å². The highest BCUT2D eigenvalue weighted by molar-refractivity contribution is 5.97. The molecule has 0 aliphatic carbocycles. The highest BCUT2D eigenvalue weighted by Crippen LogP contribution is 2.10. The van der Waals surface area contributed by atoms with Crippen LogP contribution in [0.4, 0.5) is 5.95 Å². The lowest BCUT2D eigenvalue weighted by Crippen LogP contribution is -2.37. The predicted octanol–water partition coefficient (Wildman–Crippen LogP) is -0.970. The number of methoxy groups -OCH3 is 1.